The maximum absolute atomic E-state index is 12.5. The fourth-order valence-corrected chi connectivity index (χ4v) is 3.25. The Morgan fingerprint density at radius 2 is 1.70 bits per heavy atom. The van der Waals surface area contributed by atoms with Crippen molar-refractivity contribution in [1.29, 1.82) is 0 Å². The summed E-state index contributed by atoms with van der Waals surface area (Å²) in [6.45, 7) is 2.06. The van der Waals surface area contributed by atoms with Crippen LogP contribution in [0.5, 0.6) is 0 Å². The van der Waals surface area contributed by atoms with Crippen molar-refractivity contribution in [2.75, 3.05) is 20.1 Å². The van der Waals surface area contributed by atoms with Gasteiger partial charge in [-0.25, -0.2) is 4.79 Å². The standard InChI is InChI=1S/C21H22N2O4/c1-22(14-15-7-3-2-4-8-15)11-5-6-12-23-19(24)17-10-9-16(21(26)27)13-18(17)20(23)25/h2-4,7-10,13H,5-6,11-12,14H2,1H3,(H,26,27). The molecule has 140 valence electrons. The van der Waals surface area contributed by atoms with E-state index in [0.29, 0.717) is 13.0 Å². The Labute approximate surface area is 158 Å². The summed E-state index contributed by atoms with van der Waals surface area (Å²) in [7, 11) is 2.04. The molecule has 27 heavy (non-hydrogen) atoms. The lowest BCUT2D eigenvalue weighted by atomic mass is 10.1. The lowest BCUT2D eigenvalue weighted by Crippen LogP contribution is -2.31. The number of imide groups is 1. The van der Waals surface area contributed by atoms with Gasteiger partial charge in [0.2, 0.25) is 0 Å². The largest absolute Gasteiger partial charge is 0.478 e. The maximum Gasteiger partial charge on any atom is 0.335 e. The van der Waals surface area contributed by atoms with Gasteiger partial charge in [-0.3, -0.25) is 14.5 Å². The van der Waals surface area contributed by atoms with Gasteiger partial charge in [-0.05, 0) is 50.2 Å². The van der Waals surface area contributed by atoms with Crippen molar-refractivity contribution >= 4 is 17.8 Å². The molecule has 2 aromatic carbocycles. The maximum atomic E-state index is 12.5. The fraction of sp³-hybridized carbons (Fsp3) is 0.286. The van der Waals surface area contributed by atoms with Gasteiger partial charge in [0.1, 0.15) is 0 Å². The van der Waals surface area contributed by atoms with Gasteiger partial charge in [0, 0.05) is 13.1 Å². The van der Waals surface area contributed by atoms with Gasteiger partial charge in [-0.1, -0.05) is 30.3 Å². The van der Waals surface area contributed by atoms with E-state index in [4.69, 9.17) is 5.11 Å². The molecule has 0 aromatic heterocycles. The SMILES string of the molecule is CN(CCCCN1C(=O)c2ccc(C(=O)O)cc2C1=O)Cc1ccccc1. The Morgan fingerprint density at radius 3 is 2.41 bits per heavy atom. The van der Waals surface area contributed by atoms with Crippen LogP contribution in [0.4, 0.5) is 0 Å². The quantitative estimate of drug-likeness (QED) is 0.574. The number of carbonyl (C=O) groups is 3. The zero-order valence-electron chi connectivity index (χ0n) is 15.2. The molecule has 0 bridgehead atoms. The fourth-order valence-electron chi connectivity index (χ4n) is 3.25. The normalized spacial score (nSPS) is 13.3. The van der Waals surface area contributed by atoms with Crippen molar-refractivity contribution in [2.45, 2.75) is 19.4 Å². The van der Waals surface area contributed by atoms with Crippen LogP contribution in [0.25, 0.3) is 0 Å². The number of benzene rings is 2. The van der Waals surface area contributed by atoms with Crippen LogP contribution < -0.4 is 0 Å². The number of carboxylic acid groups (broad SMARTS) is 1. The third kappa shape index (κ3) is 4.23. The average molecular weight is 366 g/mol. The summed E-state index contributed by atoms with van der Waals surface area (Å²) in [6.07, 6.45) is 1.56. The van der Waals surface area contributed by atoms with Crippen molar-refractivity contribution in [3.8, 4) is 0 Å². The summed E-state index contributed by atoms with van der Waals surface area (Å²) in [4.78, 5) is 39.3. The first-order valence-electron chi connectivity index (χ1n) is 8.93. The molecule has 3 rings (SSSR count). The van der Waals surface area contributed by atoms with E-state index in [1.165, 1.54) is 28.7 Å². The minimum absolute atomic E-state index is 0.0132. The molecule has 1 aliphatic heterocycles. The number of amides is 2. The van der Waals surface area contributed by atoms with Gasteiger partial charge in [0.25, 0.3) is 11.8 Å². The van der Waals surface area contributed by atoms with E-state index < -0.39 is 11.9 Å². The van der Waals surface area contributed by atoms with Crippen molar-refractivity contribution in [1.82, 2.24) is 9.80 Å². The van der Waals surface area contributed by atoms with E-state index >= 15 is 0 Å². The van der Waals surface area contributed by atoms with Crippen LogP contribution in [0, 0.1) is 0 Å². The molecule has 0 saturated carbocycles. The first-order chi connectivity index (χ1) is 13.0. The first kappa shape index (κ1) is 18.8. The van der Waals surface area contributed by atoms with E-state index in [-0.39, 0.29) is 22.6 Å². The molecule has 1 N–H and O–H groups in total. The number of rotatable bonds is 8. The number of hydrogen-bond donors (Lipinski definition) is 1. The van der Waals surface area contributed by atoms with E-state index in [2.05, 4.69) is 17.0 Å². The second kappa shape index (κ2) is 8.14. The van der Waals surface area contributed by atoms with Gasteiger partial charge < -0.3 is 10.0 Å². The molecule has 0 atom stereocenters. The van der Waals surface area contributed by atoms with Crippen LogP contribution in [0.3, 0.4) is 0 Å². The Hall–Kier alpha value is -2.99. The molecule has 0 aliphatic carbocycles. The molecule has 0 fully saturated rings. The predicted molar refractivity (Wildman–Crippen MR) is 101 cm³/mol. The molecule has 2 amide bonds. The molecule has 0 saturated heterocycles. The van der Waals surface area contributed by atoms with E-state index in [0.717, 1.165) is 19.5 Å². The molecule has 1 aliphatic rings. The molecule has 6 nitrogen and oxygen atoms in total. The van der Waals surface area contributed by atoms with Gasteiger partial charge in [0.05, 0.1) is 16.7 Å². The highest BCUT2D eigenvalue weighted by Gasteiger charge is 2.35. The van der Waals surface area contributed by atoms with E-state index in [1.54, 1.807) is 0 Å². The number of aromatic carboxylic acids is 1. The highest BCUT2D eigenvalue weighted by Crippen LogP contribution is 2.24. The van der Waals surface area contributed by atoms with E-state index in [9.17, 15) is 14.4 Å². The molecule has 0 radical (unpaired) electrons. The van der Waals surface area contributed by atoms with E-state index in [1.807, 2.05) is 25.2 Å². The predicted octanol–water partition coefficient (Wildman–Crippen LogP) is 2.89. The number of carbonyl (C=O) groups excluding carboxylic acids is 2. The van der Waals surface area contributed by atoms with Crippen molar-refractivity contribution < 1.29 is 19.5 Å². The summed E-state index contributed by atoms with van der Waals surface area (Å²) in [6, 6.07) is 14.3. The number of nitrogens with zero attached hydrogens (tertiary/aromatic N) is 2. The second-order valence-corrected chi connectivity index (χ2v) is 6.76. The minimum Gasteiger partial charge on any atom is -0.478 e. The molecule has 2 aromatic rings. The molecule has 6 heteroatoms. The summed E-state index contributed by atoms with van der Waals surface area (Å²) in [5.41, 5.74) is 1.72. The highest BCUT2D eigenvalue weighted by molar-refractivity contribution is 6.21. The van der Waals surface area contributed by atoms with Crippen LogP contribution >= 0.6 is 0 Å². The van der Waals surface area contributed by atoms with Crippen LogP contribution in [0.15, 0.2) is 48.5 Å². The Bertz CT molecular complexity index is 864. The average Bonchev–Trinajstić information content (AvgIpc) is 2.90. The van der Waals surface area contributed by atoms with Crippen LogP contribution in [-0.2, 0) is 6.54 Å². The first-order valence-corrected chi connectivity index (χ1v) is 8.93. The van der Waals surface area contributed by atoms with Crippen molar-refractivity contribution in [2.24, 2.45) is 0 Å². The lowest BCUT2D eigenvalue weighted by molar-refractivity contribution is 0.0649. The zero-order valence-corrected chi connectivity index (χ0v) is 15.2. The van der Waals surface area contributed by atoms with Crippen molar-refractivity contribution in [3.63, 3.8) is 0 Å². The molecular weight excluding hydrogens is 344 g/mol. The molecule has 1 heterocycles. The van der Waals surface area contributed by atoms with Crippen molar-refractivity contribution in [3.05, 3.63) is 70.8 Å². The van der Waals surface area contributed by atoms with Gasteiger partial charge in [-0.15, -0.1) is 0 Å². The highest BCUT2D eigenvalue weighted by atomic mass is 16.4. The summed E-state index contributed by atoms with van der Waals surface area (Å²) >= 11 is 0. The summed E-state index contributed by atoms with van der Waals surface area (Å²) in [5.74, 6) is -1.86. The number of carboxylic acids is 1. The lowest BCUT2D eigenvalue weighted by Gasteiger charge is -2.18. The van der Waals surface area contributed by atoms with Gasteiger partial charge in [0.15, 0.2) is 0 Å². The second-order valence-electron chi connectivity index (χ2n) is 6.76. The van der Waals surface area contributed by atoms with Crippen LogP contribution in [0.1, 0.15) is 49.5 Å². The molecule has 0 spiro atoms. The Kier molecular flexibility index (Phi) is 5.66. The number of fused-ring (bicyclic) bond motifs is 1. The minimum atomic E-state index is -1.11. The molecular formula is C21H22N2O4. The van der Waals surface area contributed by atoms with Gasteiger partial charge in [-0.2, -0.15) is 0 Å². The number of unbranched alkanes of at least 4 members (excludes halogenated alkanes) is 1. The Morgan fingerprint density at radius 1 is 1.00 bits per heavy atom. The summed E-state index contributed by atoms with van der Waals surface area (Å²) < 4.78 is 0. The topological polar surface area (TPSA) is 77.9 Å². The van der Waals surface area contributed by atoms with Gasteiger partial charge >= 0.3 is 5.97 Å². The molecule has 0 unspecified atom stereocenters. The third-order valence-corrected chi connectivity index (χ3v) is 4.68. The summed E-state index contributed by atoms with van der Waals surface area (Å²) in [5, 5.41) is 9.05. The number of hydrogen-bond acceptors (Lipinski definition) is 4. The third-order valence-electron chi connectivity index (χ3n) is 4.68. The Balaban J connectivity index is 1.51. The van der Waals surface area contributed by atoms with Crippen LogP contribution in [0.2, 0.25) is 0 Å². The smallest absolute Gasteiger partial charge is 0.335 e. The zero-order chi connectivity index (χ0) is 19.4. The van der Waals surface area contributed by atoms with Crippen LogP contribution in [-0.4, -0.2) is 52.8 Å². The monoisotopic (exact) mass is 366 g/mol.